The molecule has 7 heteroatoms. The minimum absolute atomic E-state index is 0.0862. The van der Waals surface area contributed by atoms with Crippen LogP contribution < -0.4 is 4.74 Å². The van der Waals surface area contributed by atoms with E-state index in [2.05, 4.69) is 4.98 Å². The lowest BCUT2D eigenvalue weighted by molar-refractivity contribution is 0.462. The Kier molecular flexibility index (Phi) is 3.99. The van der Waals surface area contributed by atoms with Gasteiger partial charge in [-0.25, -0.2) is 13.4 Å². The minimum atomic E-state index is -3.78. The van der Waals surface area contributed by atoms with Gasteiger partial charge < -0.3 is 4.74 Å². The maximum Gasteiger partial charge on any atom is 0.262 e. The van der Waals surface area contributed by atoms with Gasteiger partial charge in [0.15, 0.2) is 0 Å². The van der Waals surface area contributed by atoms with E-state index >= 15 is 0 Å². The number of halogens is 2. The summed E-state index contributed by atoms with van der Waals surface area (Å²) in [7, 11) is 1.41. The third-order valence-corrected chi connectivity index (χ3v) is 3.94. The number of hydrogen-bond acceptors (Lipinski definition) is 4. The molecule has 0 radical (unpaired) electrons. The molecule has 0 atom stereocenters. The smallest absolute Gasteiger partial charge is 0.262 e. The van der Waals surface area contributed by atoms with Gasteiger partial charge in [0.1, 0.15) is 10.6 Å². The highest BCUT2D eigenvalue weighted by molar-refractivity contribution is 8.13. The van der Waals surface area contributed by atoms with Crippen molar-refractivity contribution in [1.29, 1.82) is 0 Å². The van der Waals surface area contributed by atoms with Crippen molar-refractivity contribution in [2.45, 2.75) is 11.8 Å². The zero-order chi connectivity index (χ0) is 14.0. The summed E-state index contributed by atoms with van der Waals surface area (Å²) >= 11 is 5.98. The van der Waals surface area contributed by atoms with Crippen molar-refractivity contribution in [2.75, 3.05) is 0 Å². The molecule has 2 rings (SSSR count). The normalized spacial score (nSPS) is 11.3. The van der Waals surface area contributed by atoms with Crippen LogP contribution in [-0.4, -0.2) is 13.4 Å². The second-order valence-corrected chi connectivity index (χ2v) is 6.78. The third kappa shape index (κ3) is 3.59. The van der Waals surface area contributed by atoms with Crippen LogP contribution in [0.25, 0.3) is 0 Å². The number of hydrogen-bond donors (Lipinski definition) is 0. The number of benzene rings is 1. The molecule has 0 aliphatic heterocycles. The topological polar surface area (TPSA) is 56.3 Å². The van der Waals surface area contributed by atoms with E-state index in [0.29, 0.717) is 10.8 Å². The van der Waals surface area contributed by atoms with Crippen LogP contribution in [0.2, 0.25) is 5.02 Å². The van der Waals surface area contributed by atoms with Crippen LogP contribution in [0.15, 0.2) is 41.4 Å². The summed E-state index contributed by atoms with van der Waals surface area (Å²) in [5, 5.41) is 0.446. The molecule has 0 amide bonds. The Morgan fingerprint density at radius 2 is 1.95 bits per heavy atom. The van der Waals surface area contributed by atoms with Crippen LogP contribution in [0.1, 0.15) is 5.56 Å². The van der Waals surface area contributed by atoms with Crippen LogP contribution in [0.4, 0.5) is 0 Å². The largest absolute Gasteiger partial charge is 0.437 e. The van der Waals surface area contributed by atoms with Gasteiger partial charge in [-0.2, -0.15) is 0 Å². The van der Waals surface area contributed by atoms with Crippen LogP contribution in [0, 0.1) is 6.92 Å². The monoisotopic (exact) mass is 317 g/mol. The highest BCUT2D eigenvalue weighted by Gasteiger charge is 2.11. The van der Waals surface area contributed by atoms with Crippen molar-refractivity contribution in [1.82, 2.24) is 4.98 Å². The molecule has 0 spiro atoms. The van der Waals surface area contributed by atoms with E-state index in [1.165, 1.54) is 12.1 Å². The Morgan fingerprint density at radius 3 is 2.53 bits per heavy atom. The molecule has 0 saturated heterocycles. The van der Waals surface area contributed by atoms with Crippen LogP contribution in [0.5, 0.6) is 11.6 Å². The minimum Gasteiger partial charge on any atom is -0.437 e. The van der Waals surface area contributed by atoms with E-state index in [0.717, 1.165) is 11.8 Å². The van der Waals surface area contributed by atoms with Gasteiger partial charge in [-0.15, -0.1) is 0 Å². The van der Waals surface area contributed by atoms with Gasteiger partial charge in [0.2, 0.25) is 5.88 Å². The van der Waals surface area contributed by atoms with Crippen molar-refractivity contribution in [3.8, 4) is 11.6 Å². The number of aromatic nitrogens is 1. The fourth-order valence-electron chi connectivity index (χ4n) is 1.37. The fraction of sp³-hybridized carbons (Fsp3) is 0.0833. The first-order chi connectivity index (χ1) is 8.86. The molecule has 2 aromatic rings. The lowest BCUT2D eigenvalue weighted by atomic mass is 10.2. The molecule has 0 aliphatic rings. The molecule has 0 unspecified atom stereocenters. The highest BCUT2D eigenvalue weighted by Crippen LogP contribution is 2.29. The standard InChI is InChI=1S/C12H9Cl2NO3S/c1-8-2-4-10(13)11(6-8)18-12-5-3-9(7-15-12)19(14,16)17/h2-7H,1H3. The third-order valence-electron chi connectivity index (χ3n) is 2.29. The molecular weight excluding hydrogens is 309 g/mol. The molecule has 0 N–H and O–H groups in total. The van der Waals surface area contributed by atoms with Gasteiger partial charge in [-0.3, -0.25) is 0 Å². The van der Waals surface area contributed by atoms with E-state index in [4.69, 9.17) is 27.0 Å². The predicted octanol–water partition coefficient (Wildman–Crippen LogP) is 3.76. The van der Waals surface area contributed by atoms with Gasteiger partial charge in [0, 0.05) is 16.7 Å². The summed E-state index contributed by atoms with van der Waals surface area (Å²) in [6.07, 6.45) is 1.13. The molecule has 1 heterocycles. The van der Waals surface area contributed by atoms with E-state index in [-0.39, 0.29) is 10.8 Å². The summed E-state index contributed by atoms with van der Waals surface area (Å²) in [6, 6.07) is 8.05. The molecule has 1 aromatic heterocycles. The van der Waals surface area contributed by atoms with E-state index in [1.807, 2.05) is 13.0 Å². The first-order valence-corrected chi connectivity index (χ1v) is 7.90. The zero-order valence-corrected chi connectivity index (χ0v) is 12.1. The Balaban J connectivity index is 2.27. The second kappa shape index (κ2) is 5.36. The molecule has 19 heavy (non-hydrogen) atoms. The predicted molar refractivity (Wildman–Crippen MR) is 73.5 cm³/mol. The quantitative estimate of drug-likeness (QED) is 0.809. The van der Waals surface area contributed by atoms with E-state index in [1.54, 1.807) is 12.1 Å². The summed E-state index contributed by atoms with van der Waals surface area (Å²) in [4.78, 5) is 3.78. The molecule has 0 aliphatic carbocycles. The molecule has 1 aromatic carbocycles. The van der Waals surface area contributed by atoms with E-state index < -0.39 is 9.05 Å². The lowest BCUT2D eigenvalue weighted by Gasteiger charge is -2.07. The average Bonchev–Trinajstić information content (AvgIpc) is 2.33. The SMILES string of the molecule is Cc1ccc(Cl)c(Oc2ccc(S(=O)(=O)Cl)cn2)c1. The van der Waals surface area contributed by atoms with Crippen molar-refractivity contribution in [3.05, 3.63) is 47.1 Å². The molecule has 4 nitrogen and oxygen atoms in total. The number of rotatable bonds is 3. The lowest BCUT2D eigenvalue weighted by Crippen LogP contribution is -1.94. The molecule has 100 valence electrons. The van der Waals surface area contributed by atoms with Crippen molar-refractivity contribution < 1.29 is 13.2 Å². The van der Waals surface area contributed by atoms with Crippen LogP contribution >= 0.6 is 22.3 Å². The highest BCUT2D eigenvalue weighted by atomic mass is 35.7. The first-order valence-electron chi connectivity index (χ1n) is 5.21. The second-order valence-electron chi connectivity index (χ2n) is 3.81. The number of pyridine rings is 1. The summed E-state index contributed by atoms with van der Waals surface area (Å²) in [5.74, 6) is 0.687. The van der Waals surface area contributed by atoms with Crippen molar-refractivity contribution in [2.24, 2.45) is 0 Å². The van der Waals surface area contributed by atoms with Crippen molar-refractivity contribution >= 4 is 31.3 Å². The molecule has 0 saturated carbocycles. The Labute approximate surface area is 120 Å². The summed E-state index contributed by atoms with van der Waals surface area (Å²) < 4.78 is 27.6. The first kappa shape index (κ1) is 14.1. The number of aryl methyl sites for hydroxylation is 1. The number of ether oxygens (including phenoxy) is 1. The van der Waals surface area contributed by atoms with Gasteiger partial charge in [-0.05, 0) is 30.7 Å². The maximum absolute atomic E-state index is 11.1. The molecule has 0 fully saturated rings. The Hall–Kier alpha value is -1.30. The van der Waals surface area contributed by atoms with Gasteiger partial charge in [0.05, 0.1) is 11.2 Å². The van der Waals surface area contributed by atoms with Crippen molar-refractivity contribution in [3.63, 3.8) is 0 Å². The molecular formula is C12H9Cl2NO3S. The summed E-state index contributed by atoms with van der Waals surface area (Å²) in [5.41, 5.74) is 0.986. The summed E-state index contributed by atoms with van der Waals surface area (Å²) in [6.45, 7) is 1.90. The number of nitrogens with zero attached hydrogens (tertiary/aromatic N) is 1. The van der Waals surface area contributed by atoms with Gasteiger partial charge in [-0.1, -0.05) is 17.7 Å². The van der Waals surface area contributed by atoms with E-state index in [9.17, 15) is 8.42 Å². The zero-order valence-electron chi connectivity index (χ0n) is 9.80. The van der Waals surface area contributed by atoms with Gasteiger partial charge >= 0.3 is 0 Å². The maximum atomic E-state index is 11.1. The van der Waals surface area contributed by atoms with Gasteiger partial charge in [0.25, 0.3) is 9.05 Å². The molecule has 0 bridgehead atoms. The average molecular weight is 318 g/mol. The Morgan fingerprint density at radius 1 is 1.21 bits per heavy atom. The van der Waals surface area contributed by atoms with Crippen LogP contribution in [-0.2, 0) is 9.05 Å². The van der Waals surface area contributed by atoms with Crippen LogP contribution in [0.3, 0.4) is 0 Å². The fourth-order valence-corrected chi connectivity index (χ4v) is 2.21. The Bertz CT molecular complexity index is 699.